The molecule has 2 amide bonds. The number of nitrogens with one attached hydrogen (secondary N) is 1. The predicted octanol–water partition coefficient (Wildman–Crippen LogP) is -2.19. The summed E-state index contributed by atoms with van der Waals surface area (Å²) in [5, 5.41) is 7.06. The van der Waals surface area contributed by atoms with Crippen LogP contribution in [-0.4, -0.2) is 33.4 Å². The van der Waals surface area contributed by atoms with Crippen molar-refractivity contribution in [3.05, 3.63) is 12.4 Å². The first-order chi connectivity index (χ1) is 6.68. The number of hydrogen-bond acceptors (Lipinski definition) is 5. The first-order valence-electron chi connectivity index (χ1n) is 3.71. The van der Waals surface area contributed by atoms with E-state index in [-0.39, 0.29) is 13.2 Å². The average molecular weight is 199 g/mol. The van der Waals surface area contributed by atoms with Crippen molar-refractivity contribution in [2.45, 2.75) is 6.54 Å². The van der Waals surface area contributed by atoms with E-state index in [4.69, 9.17) is 5.73 Å². The summed E-state index contributed by atoms with van der Waals surface area (Å²) in [4.78, 5) is 25.7. The van der Waals surface area contributed by atoms with Gasteiger partial charge >= 0.3 is 0 Å². The van der Waals surface area contributed by atoms with Gasteiger partial charge in [0.15, 0.2) is 6.61 Å². The van der Waals surface area contributed by atoms with E-state index in [9.17, 15) is 9.59 Å². The molecule has 3 N–H and O–H groups in total. The summed E-state index contributed by atoms with van der Waals surface area (Å²) in [5.74, 6) is -1.11. The molecule has 14 heavy (non-hydrogen) atoms. The summed E-state index contributed by atoms with van der Waals surface area (Å²) in [7, 11) is 0. The zero-order valence-corrected chi connectivity index (χ0v) is 7.21. The van der Waals surface area contributed by atoms with Gasteiger partial charge in [-0.1, -0.05) is 5.21 Å². The van der Waals surface area contributed by atoms with Crippen molar-refractivity contribution in [2.75, 3.05) is 6.61 Å². The Kier molecular flexibility index (Phi) is 3.56. The van der Waals surface area contributed by atoms with Crippen molar-refractivity contribution in [2.24, 2.45) is 5.73 Å². The van der Waals surface area contributed by atoms with Crippen molar-refractivity contribution in [3.63, 3.8) is 0 Å². The third-order valence-corrected chi connectivity index (χ3v) is 1.18. The van der Waals surface area contributed by atoms with Crippen LogP contribution < -0.4 is 11.2 Å². The molecule has 8 nitrogen and oxygen atoms in total. The predicted molar refractivity (Wildman–Crippen MR) is 43.3 cm³/mol. The number of nitrogens with zero attached hydrogens (tertiary/aromatic N) is 3. The zero-order chi connectivity index (χ0) is 10.4. The van der Waals surface area contributed by atoms with Crippen molar-refractivity contribution < 1.29 is 14.4 Å². The van der Waals surface area contributed by atoms with Crippen molar-refractivity contribution >= 4 is 11.8 Å². The second-order valence-electron chi connectivity index (χ2n) is 2.38. The Morgan fingerprint density at radius 3 is 2.93 bits per heavy atom. The number of carbonyl (C=O) groups excluding carboxylic acids is 2. The van der Waals surface area contributed by atoms with Crippen LogP contribution in [0.3, 0.4) is 0 Å². The third kappa shape index (κ3) is 3.63. The van der Waals surface area contributed by atoms with Crippen molar-refractivity contribution in [1.82, 2.24) is 20.5 Å². The molecule has 0 aliphatic rings. The van der Waals surface area contributed by atoms with E-state index in [2.05, 4.69) is 15.1 Å². The number of amides is 2. The van der Waals surface area contributed by atoms with Crippen LogP contribution in [0.5, 0.6) is 0 Å². The molecule has 1 aromatic rings. The second kappa shape index (κ2) is 4.92. The van der Waals surface area contributed by atoms with Gasteiger partial charge in [0.1, 0.15) is 6.54 Å². The topological polar surface area (TPSA) is 112 Å². The molecule has 0 unspecified atom stereocenters. The van der Waals surface area contributed by atoms with E-state index in [0.29, 0.717) is 0 Å². The average Bonchev–Trinajstić information content (AvgIpc) is 2.56. The highest BCUT2D eigenvalue weighted by Crippen LogP contribution is 1.80. The molecule has 76 valence electrons. The molecular formula is C6H9N5O3. The first-order valence-corrected chi connectivity index (χ1v) is 3.71. The van der Waals surface area contributed by atoms with Crippen LogP contribution in [0.1, 0.15) is 0 Å². The maximum atomic E-state index is 11.0. The fourth-order valence-electron chi connectivity index (χ4n) is 0.684. The fourth-order valence-corrected chi connectivity index (χ4v) is 0.684. The highest BCUT2D eigenvalue weighted by atomic mass is 16.7. The standard InChI is InChI=1S/C6H9N5O3/c7-5(12)4-14-9-6(13)3-11-2-1-8-10-11/h1-2H,3-4H2,(H2,7,12)(H,9,13). The SMILES string of the molecule is NC(=O)CONC(=O)Cn1ccnn1. The lowest BCUT2D eigenvalue weighted by atomic mass is 10.6. The number of primary amides is 1. The van der Waals surface area contributed by atoms with Gasteiger partial charge in [-0.2, -0.15) is 0 Å². The van der Waals surface area contributed by atoms with Crippen LogP contribution in [0.15, 0.2) is 12.4 Å². The lowest BCUT2D eigenvalue weighted by molar-refractivity contribution is -0.138. The molecule has 0 saturated heterocycles. The van der Waals surface area contributed by atoms with E-state index >= 15 is 0 Å². The van der Waals surface area contributed by atoms with Crippen LogP contribution >= 0.6 is 0 Å². The zero-order valence-electron chi connectivity index (χ0n) is 7.21. The van der Waals surface area contributed by atoms with E-state index in [1.54, 1.807) is 0 Å². The minimum Gasteiger partial charge on any atom is -0.368 e. The number of hydrogen-bond donors (Lipinski definition) is 2. The van der Waals surface area contributed by atoms with Gasteiger partial charge in [-0.25, -0.2) is 10.2 Å². The number of aromatic nitrogens is 3. The molecular weight excluding hydrogens is 190 g/mol. The monoisotopic (exact) mass is 199 g/mol. The Morgan fingerprint density at radius 2 is 2.36 bits per heavy atom. The smallest absolute Gasteiger partial charge is 0.265 e. The molecule has 0 aliphatic heterocycles. The third-order valence-electron chi connectivity index (χ3n) is 1.18. The molecule has 1 heterocycles. The molecule has 0 radical (unpaired) electrons. The van der Waals surface area contributed by atoms with Crippen LogP contribution in [0.2, 0.25) is 0 Å². The van der Waals surface area contributed by atoms with Gasteiger partial charge in [-0.15, -0.1) is 5.10 Å². The van der Waals surface area contributed by atoms with Crippen LogP contribution in [0, 0.1) is 0 Å². The van der Waals surface area contributed by atoms with E-state index in [0.717, 1.165) is 0 Å². The number of rotatable bonds is 5. The summed E-state index contributed by atoms with van der Waals surface area (Å²) in [6, 6.07) is 0. The summed E-state index contributed by atoms with van der Waals surface area (Å²) in [6.07, 6.45) is 2.96. The van der Waals surface area contributed by atoms with E-state index in [1.165, 1.54) is 17.1 Å². The minimum absolute atomic E-state index is 0.0290. The second-order valence-corrected chi connectivity index (χ2v) is 2.38. The Balaban J connectivity index is 2.20. The van der Waals surface area contributed by atoms with Crippen molar-refractivity contribution in [3.8, 4) is 0 Å². The maximum absolute atomic E-state index is 11.0. The van der Waals surface area contributed by atoms with Gasteiger partial charge in [0, 0.05) is 6.20 Å². The summed E-state index contributed by atoms with van der Waals surface area (Å²) < 4.78 is 1.31. The summed E-state index contributed by atoms with van der Waals surface area (Å²) >= 11 is 0. The molecule has 0 saturated carbocycles. The van der Waals surface area contributed by atoms with Gasteiger partial charge in [0.05, 0.1) is 6.20 Å². The number of hydroxylamine groups is 1. The molecule has 0 atom stereocenters. The lowest BCUT2D eigenvalue weighted by Gasteiger charge is -2.02. The fraction of sp³-hybridized carbons (Fsp3) is 0.333. The van der Waals surface area contributed by atoms with Gasteiger partial charge in [-0.05, 0) is 0 Å². The Hall–Kier alpha value is -1.96. The maximum Gasteiger partial charge on any atom is 0.265 e. The Bertz CT molecular complexity index is 309. The molecule has 1 rings (SSSR count). The van der Waals surface area contributed by atoms with Gasteiger partial charge in [-0.3, -0.25) is 14.4 Å². The first kappa shape index (κ1) is 10.1. The number of nitrogens with two attached hydrogens (primary N) is 1. The normalized spacial score (nSPS) is 9.71. The summed E-state index contributed by atoms with van der Waals surface area (Å²) in [6.45, 7) is -0.387. The minimum atomic E-state index is -0.661. The molecule has 1 aromatic heterocycles. The van der Waals surface area contributed by atoms with Crippen LogP contribution in [-0.2, 0) is 21.0 Å². The van der Waals surface area contributed by atoms with Gasteiger partial charge in [0.25, 0.3) is 5.91 Å². The quantitative estimate of drug-likeness (QED) is 0.523. The molecule has 0 fully saturated rings. The Morgan fingerprint density at radius 1 is 1.57 bits per heavy atom. The van der Waals surface area contributed by atoms with Crippen LogP contribution in [0.4, 0.5) is 0 Å². The molecule has 0 aromatic carbocycles. The summed E-state index contributed by atoms with van der Waals surface area (Å²) in [5.41, 5.74) is 6.80. The Labute approximate surface area is 79.0 Å². The number of carbonyl (C=O) groups is 2. The van der Waals surface area contributed by atoms with Crippen molar-refractivity contribution in [1.29, 1.82) is 0 Å². The largest absolute Gasteiger partial charge is 0.368 e. The molecule has 0 bridgehead atoms. The molecule has 0 aliphatic carbocycles. The molecule has 8 heteroatoms. The van der Waals surface area contributed by atoms with Gasteiger partial charge in [0.2, 0.25) is 5.91 Å². The van der Waals surface area contributed by atoms with Gasteiger partial charge < -0.3 is 5.73 Å². The lowest BCUT2D eigenvalue weighted by Crippen LogP contribution is -2.31. The van der Waals surface area contributed by atoms with E-state index < -0.39 is 11.8 Å². The van der Waals surface area contributed by atoms with Crippen LogP contribution in [0.25, 0.3) is 0 Å². The highest BCUT2D eigenvalue weighted by Gasteiger charge is 2.03. The molecule has 0 spiro atoms. The highest BCUT2D eigenvalue weighted by molar-refractivity contribution is 5.76. The van der Waals surface area contributed by atoms with E-state index in [1.807, 2.05) is 5.48 Å².